The monoisotopic (exact) mass is 273 g/mol. The zero-order valence-corrected chi connectivity index (χ0v) is 11.7. The average Bonchev–Trinajstić information content (AvgIpc) is 3.15. The van der Waals surface area contributed by atoms with Gasteiger partial charge in [-0.2, -0.15) is 4.98 Å². The number of hydrogen-bond acceptors (Lipinski definition) is 5. The molecule has 1 unspecified atom stereocenters. The van der Waals surface area contributed by atoms with Gasteiger partial charge in [0.25, 0.3) is 11.8 Å². The van der Waals surface area contributed by atoms with Crippen LogP contribution < -0.4 is 4.90 Å². The van der Waals surface area contributed by atoms with Gasteiger partial charge < -0.3 is 14.2 Å². The number of anilines is 1. The molecule has 3 rings (SSSR count). The first kappa shape index (κ1) is 13.1. The van der Waals surface area contributed by atoms with Crippen molar-refractivity contribution in [2.45, 2.75) is 13.3 Å². The Morgan fingerprint density at radius 2 is 2.20 bits per heavy atom. The molecular weight excluding hydrogens is 254 g/mol. The van der Waals surface area contributed by atoms with Crippen LogP contribution in [0.1, 0.15) is 13.3 Å². The number of hydrogen-bond donors (Lipinski definition) is 0. The molecule has 1 fully saturated rings. The molecule has 1 aromatic heterocycles. The molecule has 1 aliphatic heterocycles. The molecule has 2 heterocycles. The van der Waals surface area contributed by atoms with Crippen LogP contribution in [-0.2, 0) is 4.74 Å². The van der Waals surface area contributed by atoms with Crippen molar-refractivity contribution in [3.63, 3.8) is 0 Å². The summed E-state index contributed by atoms with van der Waals surface area (Å²) < 4.78 is 10.8. The van der Waals surface area contributed by atoms with Gasteiger partial charge in [-0.05, 0) is 30.6 Å². The predicted molar refractivity (Wildman–Crippen MR) is 76.5 cm³/mol. The van der Waals surface area contributed by atoms with Crippen molar-refractivity contribution < 1.29 is 9.26 Å². The minimum absolute atomic E-state index is 0.564. The molecule has 0 amide bonds. The summed E-state index contributed by atoms with van der Waals surface area (Å²) in [4.78, 5) is 6.65. The third-order valence-corrected chi connectivity index (χ3v) is 3.56. The van der Waals surface area contributed by atoms with Crippen molar-refractivity contribution in [1.82, 2.24) is 10.1 Å². The summed E-state index contributed by atoms with van der Waals surface area (Å²) >= 11 is 0. The Labute approximate surface area is 118 Å². The molecule has 2 aromatic rings. The zero-order valence-electron chi connectivity index (χ0n) is 11.7. The summed E-state index contributed by atoms with van der Waals surface area (Å²) in [5, 5.41) is 4.09. The molecule has 1 aromatic carbocycles. The van der Waals surface area contributed by atoms with Crippen LogP contribution in [0.25, 0.3) is 11.5 Å². The molecule has 106 valence electrons. The Kier molecular flexibility index (Phi) is 3.97. The van der Waals surface area contributed by atoms with Crippen molar-refractivity contribution in [1.29, 1.82) is 0 Å². The van der Waals surface area contributed by atoms with E-state index in [1.807, 2.05) is 37.3 Å². The molecule has 0 aliphatic carbocycles. The lowest BCUT2D eigenvalue weighted by atomic mass is 10.1. The van der Waals surface area contributed by atoms with Gasteiger partial charge in [-0.25, -0.2) is 0 Å². The lowest BCUT2D eigenvalue weighted by Crippen LogP contribution is -2.22. The predicted octanol–water partition coefficient (Wildman–Crippen LogP) is 2.60. The lowest BCUT2D eigenvalue weighted by molar-refractivity contribution is 0.117. The van der Waals surface area contributed by atoms with Crippen LogP contribution in [0, 0.1) is 5.92 Å². The van der Waals surface area contributed by atoms with E-state index in [4.69, 9.17) is 9.26 Å². The van der Waals surface area contributed by atoms with Crippen molar-refractivity contribution in [2.75, 3.05) is 31.2 Å². The van der Waals surface area contributed by atoms with Crippen LogP contribution >= 0.6 is 0 Å². The maximum atomic E-state index is 5.49. The van der Waals surface area contributed by atoms with E-state index in [9.17, 15) is 0 Å². The summed E-state index contributed by atoms with van der Waals surface area (Å²) in [6.45, 7) is 5.52. The third kappa shape index (κ3) is 2.82. The summed E-state index contributed by atoms with van der Waals surface area (Å²) in [7, 11) is 0. The van der Waals surface area contributed by atoms with Gasteiger partial charge in [0.1, 0.15) is 0 Å². The van der Waals surface area contributed by atoms with E-state index in [2.05, 4.69) is 15.0 Å². The molecule has 0 bridgehead atoms. The molecule has 20 heavy (non-hydrogen) atoms. The van der Waals surface area contributed by atoms with E-state index in [1.54, 1.807) is 0 Å². The van der Waals surface area contributed by atoms with Crippen LogP contribution in [0.2, 0.25) is 0 Å². The Balaban J connectivity index is 1.66. The Bertz CT molecular complexity index is 541. The van der Waals surface area contributed by atoms with E-state index < -0.39 is 0 Å². The van der Waals surface area contributed by atoms with Crippen LogP contribution in [0.5, 0.6) is 0 Å². The van der Waals surface area contributed by atoms with Crippen LogP contribution in [-0.4, -0.2) is 36.4 Å². The van der Waals surface area contributed by atoms with Crippen LogP contribution in [0.15, 0.2) is 34.9 Å². The van der Waals surface area contributed by atoms with Gasteiger partial charge in [-0.1, -0.05) is 18.2 Å². The minimum atomic E-state index is 0.564. The lowest BCUT2D eigenvalue weighted by Gasteiger charge is -2.13. The van der Waals surface area contributed by atoms with Crippen molar-refractivity contribution in [3.8, 4) is 11.5 Å². The molecule has 1 saturated heterocycles. The first-order valence-corrected chi connectivity index (χ1v) is 7.08. The van der Waals surface area contributed by atoms with Crippen molar-refractivity contribution >= 4 is 5.95 Å². The molecule has 0 radical (unpaired) electrons. The smallest absolute Gasteiger partial charge is 0.266 e. The number of aromatic nitrogens is 2. The standard InChI is InChI=1S/C15H19N3O2/c1-2-19-11-12-8-9-18(10-12)15-16-14(20-17-15)13-6-4-3-5-7-13/h3-7,12H,2,8-11H2,1H3. The normalized spacial score (nSPS) is 18.6. The van der Waals surface area contributed by atoms with E-state index in [0.717, 1.165) is 38.3 Å². The van der Waals surface area contributed by atoms with Gasteiger partial charge in [-0.3, -0.25) is 0 Å². The molecule has 1 aliphatic rings. The summed E-state index contributed by atoms with van der Waals surface area (Å²) in [5.74, 6) is 1.82. The summed E-state index contributed by atoms with van der Waals surface area (Å²) in [6, 6.07) is 9.85. The number of rotatable bonds is 5. The highest BCUT2D eigenvalue weighted by Gasteiger charge is 2.26. The summed E-state index contributed by atoms with van der Waals surface area (Å²) in [6.07, 6.45) is 1.12. The number of benzene rings is 1. The number of ether oxygens (including phenoxy) is 1. The first-order valence-electron chi connectivity index (χ1n) is 7.08. The van der Waals surface area contributed by atoms with Gasteiger partial charge in [0.15, 0.2) is 0 Å². The molecule has 5 nitrogen and oxygen atoms in total. The van der Waals surface area contributed by atoms with Crippen LogP contribution in [0.3, 0.4) is 0 Å². The quantitative estimate of drug-likeness (QED) is 0.838. The Morgan fingerprint density at radius 3 is 3.00 bits per heavy atom. The fourth-order valence-electron chi connectivity index (χ4n) is 2.48. The highest BCUT2D eigenvalue weighted by atomic mass is 16.5. The van der Waals surface area contributed by atoms with E-state index in [1.165, 1.54) is 0 Å². The second-order valence-corrected chi connectivity index (χ2v) is 5.03. The highest BCUT2D eigenvalue weighted by molar-refractivity contribution is 5.54. The van der Waals surface area contributed by atoms with Crippen molar-refractivity contribution in [3.05, 3.63) is 30.3 Å². The molecule has 1 atom stereocenters. The molecule has 0 spiro atoms. The average molecular weight is 273 g/mol. The van der Waals surface area contributed by atoms with Gasteiger partial charge in [-0.15, -0.1) is 0 Å². The molecular formula is C15H19N3O2. The Morgan fingerprint density at radius 1 is 1.35 bits per heavy atom. The largest absolute Gasteiger partial charge is 0.381 e. The van der Waals surface area contributed by atoms with Crippen molar-refractivity contribution in [2.24, 2.45) is 5.92 Å². The SMILES string of the molecule is CCOCC1CCN(c2noc(-c3ccccc3)n2)C1. The Hall–Kier alpha value is -1.88. The molecule has 5 heteroatoms. The zero-order chi connectivity index (χ0) is 13.8. The molecule has 0 N–H and O–H groups in total. The second-order valence-electron chi connectivity index (χ2n) is 5.03. The topological polar surface area (TPSA) is 51.4 Å². The van der Waals surface area contributed by atoms with Gasteiger partial charge >= 0.3 is 0 Å². The van der Waals surface area contributed by atoms with E-state index >= 15 is 0 Å². The highest BCUT2D eigenvalue weighted by Crippen LogP contribution is 2.24. The number of nitrogens with zero attached hydrogens (tertiary/aromatic N) is 3. The van der Waals surface area contributed by atoms with Gasteiger partial charge in [0.2, 0.25) is 0 Å². The van der Waals surface area contributed by atoms with Gasteiger partial charge in [0, 0.05) is 31.2 Å². The molecule has 0 saturated carbocycles. The fourth-order valence-corrected chi connectivity index (χ4v) is 2.48. The first-order chi connectivity index (χ1) is 9.86. The van der Waals surface area contributed by atoms with Gasteiger partial charge in [0.05, 0.1) is 6.61 Å². The minimum Gasteiger partial charge on any atom is -0.381 e. The maximum absolute atomic E-state index is 5.49. The van der Waals surface area contributed by atoms with E-state index in [-0.39, 0.29) is 0 Å². The van der Waals surface area contributed by atoms with Crippen LogP contribution in [0.4, 0.5) is 5.95 Å². The van der Waals surface area contributed by atoms with E-state index in [0.29, 0.717) is 17.8 Å². The maximum Gasteiger partial charge on any atom is 0.266 e. The third-order valence-electron chi connectivity index (χ3n) is 3.56. The summed E-state index contributed by atoms with van der Waals surface area (Å²) in [5.41, 5.74) is 0.955. The fraction of sp³-hybridized carbons (Fsp3) is 0.467. The second kappa shape index (κ2) is 6.05.